The molecule has 0 spiro atoms. The van der Waals surface area contributed by atoms with Gasteiger partial charge in [-0.1, -0.05) is 13.3 Å². The quantitative estimate of drug-likeness (QED) is 0.731. The van der Waals surface area contributed by atoms with Gasteiger partial charge in [-0.3, -0.25) is 4.79 Å². The number of carboxylic acid groups (broad SMARTS) is 1. The van der Waals surface area contributed by atoms with E-state index in [0.29, 0.717) is 38.8 Å². The Morgan fingerprint density at radius 3 is 2.70 bits per heavy atom. The van der Waals surface area contributed by atoms with Crippen molar-refractivity contribution in [2.45, 2.75) is 39.0 Å². The van der Waals surface area contributed by atoms with Crippen LogP contribution in [-0.4, -0.2) is 56.4 Å². The van der Waals surface area contributed by atoms with Crippen molar-refractivity contribution in [1.29, 1.82) is 0 Å². The van der Waals surface area contributed by atoms with Gasteiger partial charge in [-0.05, 0) is 25.7 Å². The second-order valence-corrected chi connectivity index (χ2v) is 7.52. The highest BCUT2D eigenvalue weighted by molar-refractivity contribution is 7.89. The normalized spacial score (nSPS) is 24.7. The molecule has 0 aromatic heterocycles. The van der Waals surface area contributed by atoms with Gasteiger partial charge in [-0.2, -0.15) is 0 Å². The van der Waals surface area contributed by atoms with E-state index in [0.717, 1.165) is 6.42 Å². The fourth-order valence-electron chi connectivity index (χ4n) is 2.57. The lowest BCUT2D eigenvalue weighted by atomic mass is 9.78. The van der Waals surface area contributed by atoms with Crippen LogP contribution in [0, 0.1) is 5.41 Å². The van der Waals surface area contributed by atoms with Crippen molar-refractivity contribution in [1.82, 2.24) is 4.31 Å². The fourth-order valence-corrected chi connectivity index (χ4v) is 4.33. The summed E-state index contributed by atoms with van der Waals surface area (Å²) < 4.78 is 30.8. The molecule has 0 amide bonds. The van der Waals surface area contributed by atoms with E-state index in [1.54, 1.807) is 0 Å². The minimum atomic E-state index is -3.35. The zero-order chi connectivity index (χ0) is 15.2. The number of nitrogens with zero attached hydrogens (tertiary/aromatic N) is 1. The van der Waals surface area contributed by atoms with E-state index in [4.69, 9.17) is 4.74 Å². The lowest BCUT2D eigenvalue weighted by molar-refractivity contribution is -0.152. The molecule has 0 aromatic rings. The lowest BCUT2D eigenvalue weighted by Gasteiger charge is -2.39. The van der Waals surface area contributed by atoms with Crippen LogP contribution in [0.1, 0.15) is 39.0 Å². The number of carboxylic acids is 1. The summed E-state index contributed by atoms with van der Waals surface area (Å²) in [7, 11) is -1.82. The highest BCUT2D eigenvalue weighted by atomic mass is 32.2. The first-order valence-electron chi connectivity index (χ1n) is 7.08. The molecule has 1 unspecified atom stereocenters. The number of piperidine rings is 1. The van der Waals surface area contributed by atoms with Crippen molar-refractivity contribution >= 4 is 16.0 Å². The van der Waals surface area contributed by atoms with Gasteiger partial charge in [-0.25, -0.2) is 12.7 Å². The Labute approximate surface area is 121 Å². The zero-order valence-electron chi connectivity index (χ0n) is 12.3. The van der Waals surface area contributed by atoms with E-state index in [2.05, 4.69) is 0 Å². The smallest absolute Gasteiger partial charge is 0.311 e. The Kier molecular flexibility index (Phi) is 6.42. The number of aliphatic carboxylic acids is 1. The van der Waals surface area contributed by atoms with Crippen molar-refractivity contribution in [3.05, 3.63) is 0 Å². The topological polar surface area (TPSA) is 83.9 Å². The second-order valence-electron chi connectivity index (χ2n) is 5.43. The fraction of sp³-hybridized carbons (Fsp3) is 0.923. The Morgan fingerprint density at radius 1 is 1.45 bits per heavy atom. The Morgan fingerprint density at radius 2 is 2.15 bits per heavy atom. The molecule has 1 aliphatic rings. The van der Waals surface area contributed by atoms with Gasteiger partial charge >= 0.3 is 5.97 Å². The highest BCUT2D eigenvalue weighted by Crippen LogP contribution is 2.35. The van der Waals surface area contributed by atoms with Crippen LogP contribution in [0.15, 0.2) is 0 Å². The van der Waals surface area contributed by atoms with E-state index >= 15 is 0 Å². The molecule has 0 aliphatic carbocycles. The molecule has 1 N–H and O–H groups in total. The average molecular weight is 307 g/mol. The molecule has 7 heteroatoms. The summed E-state index contributed by atoms with van der Waals surface area (Å²) in [6, 6.07) is 0. The molecule has 1 aliphatic heterocycles. The number of hydrogen-bond donors (Lipinski definition) is 1. The number of ether oxygens (including phenoxy) is 1. The van der Waals surface area contributed by atoms with E-state index < -0.39 is 21.4 Å². The Bertz CT molecular complexity index is 422. The molecule has 1 atom stereocenters. The van der Waals surface area contributed by atoms with Gasteiger partial charge in [0.1, 0.15) is 0 Å². The van der Waals surface area contributed by atoms with Crippen LogP contribution >= 0.6 is 0 Å². The Balaban J connectivity index is 2.84. The summed E-state index contributed by atoms with van der Waals surface area (Å²) in [5, 5.41) is 9.50. The molecular weight excluding hydrogens is 282 g/mol. The molecular formula is C13H25NO5S. The minimum Gasteiger partial charge on any atom is -0.481 e. The van der Waals surface area contributed by atoms with Crippen molar-refractivity contribution in [3.63, 3.8) is 0 Å². The van der Waals surface area contributed by atoms with Gasteiger partial charge in [0.05, 0.1) is 11.2 Å². The molecule has 1 saturated heterocycles. The summed E-state index contributed by atoms with van der Waals surface area (Å²) >= 11 is 0. The standard InChI is InChI=1S/C13H25NO5S/c1-3-4-10-20(17,18)14-8-5-6-13(11-14,12(15)16)7-9-19-2/h3-11H2,1-2H3,(H,15,16). The number of hydrogen-bond acceptors (Lipinski definition) is 4. The molecule has 1 heterocycles. The first kappa shape index (κ1) is 17.4. The maximum absolute atomic E-state index is 12.2. The average Bonchev–Trinajstić information content (AvgIpc) is 2.43. The third-order valence-corrected chi connectivity index (χ3v) is 5.83. The molecule has 0 bridgehead atoms. The lowest BCUT2D eigenvalue weighted by Crippen LogP contribution is -2.50. The largest absolute Gasteiger partial charge is 0.481 e. The molecule has 0 aromatic carbocycles. The van der Waals surface area contributed by atoms with E-state index in [-0.39, 0.29) is 12.3 Å². The zero-order valence-corrected chi connectivity index (χ0v) is 13.1. The molecule has 1 fully saturated rings. The summed E-state index contributed by atoms with van der Waals surface area (Å²) in [5.41, 5.74) is -1.01. The molecule has 0 saturated carbocycles. The van der Waals surface area contributed by atoms with Crippen LogP contribution in [0.4, 0.5) is 0 Å². The van der Waals surface area contributed by atoms with Gasteiger partial charge in [0.2, 0.25) is 10.0 Å². The molecule has 118 valence electrons. The number of methoxy groups -OCH3 is 1. The van der Waals surface area contributed by atoms with Gasteiger partial charge in [0.25, 0.3) is 0 Å². The number of unbranched alkanes of at least 4 members (excludes halogenated alkanes) is 1. The summed E-state index contributed by atoms with van der Waals surface area (Å²) in [6.45, 7) is 2.76. The van der Waals surface area contributed by atoms with E-state index in [9.17, 15) is 18.3 Å². The van der Waals surface area contributed by atoms with E-state index in [1.807, 2.05) is 6.92 Å². The van der Waals surface area contributed by atoms with Crippen molar-refractivity contribution < 1.29 is 23.1 Å². The SMILES string of the molecule is CCCCS(=O)(=O)N1CCCC(CCOC)(C(=O)O)C1. The first-order valence-corrected chi connectivity index (χ1v) is 8.69. The number of rotatable bonds is 8. The van der Waals surface area contributed by atoms with Crippen LogP contribution in [0.3, 0.4) is 0 Å². The highest BCUT2D eigenvalue weighted by Gasteiger charge is 2.44. The first-order chi connectivity index (χ1) is 9.38. The summed E-state index contributed by atoms with van der Waals surface area (Å²) in [5.74, 6) is -0.825. The van der Waals surface area contributed by atoms with Crippen LogP contribution in [0.5, 0.6) is 0 Å². The predicted octanol–water partition coefficient (Wildman–Crippen LogP) is 1.32. The van der Waals surface area contributed by atoms with Crippen LogP contribution in [-0.2, 0) is 19.6 Å². The molecule has 1 rings (SSSR count). The van der Waals surface area contributed by atoms with Crippen molar-refractivity contribution in [2.24, 2.45) is 5.41 Å². The number of sulfonamides is 1. The Hall–Kier alpha value is -0.660. The maximum Gasteiger partial charge on any atom is 0.311 e. The summed E-state index contributed by atoms with van der Waals surface area (Å²) in [6.07, 6.45) is 2.85. The monoisotopic (exact) mass is 307 g/mol. The van der Waals surface area contributed by atoms with Crippen molar-refractivity contribution in [3.8, 4) is 0 Å². The van der Waals surface area contributed by atoms with Gasteiger partial charge < -0.3 is 9.84 Å². The number of carbonyl (C=O) groups is 1. The van der Waals surface area contributed by atoms with E-state index in [1.165, 1.54) is 11.4 Å². The third-order valence-electron chi connectivity index (χ3n) is 3.93. The predicted molar refractivity (Wildman–Crippen MR) is 76.1 cm³/mol. The van der Waals surface area contributed by atoms with Crippen molar-refractivity contribution in [2.75, 3.05) is 32.6 Å². The van der Waals surface area contributed by atoms with Crippen LogP contribution < -0.4 is 0 Å². The van der Waals surface area contributed by atoms with Gasteiger partial charge in [0.15, 0.2) is 0 Å². The molecule has 0 radical (unpaired) electrons. The van der Waals surface area contributed by atoms with Gasteiger partial charge in [-0.15, -0.1) is 0 Å². The molecule has 6 nitrogen and oxygen atoms in total. The maximum atomic E-state index is 12.2. The third kappa shape index (κ3) is 4.17. The van der Waals surface area contributed by atoms with Crippen LogP contribution in [0.2, 0.25) is 0 Å². The summed E-state index contributed by atoms with van der Waals surface area (Å²) in [4.78, 5) is 11.6. The molecule has 20 heavy (non-hydrogen) atoms. The van der Waals surface area contributed by atoms with Gasteiger partial charge in [0, 0.05) is 26.8 Å². The van der Waals surface area contributed by atoms with Crippen LogP contribution in [0.25, 0.3) is 0 Å². The minimum absolute atomic E-state index is 0.0672. The second kappa shape index (κ2) is 7.38.